The fourth-order valence-electron chi connectivity index (χ4n) is 5.94. The largest absolute Gasteiger partial charge is 0.627 e. The third-order valence-electron chi connectivity index (χ3n) is 7.74. The molecule has 0 radical (unpaired) electrons. The Morgan fingerprint density at radius 1 is 1.02 bits per heavy atom. The molecule has 0 amide bonds. The molecule has 2 atom stereocenters. The van der Waals surface area contributed by atoms with E-state index in [1.807, 2.05) is 0 Å². The summed E-state index contributed by atoms with van der Waals surface area (Å²) in [6.45, 7) is 4.22. The van der Waals surface area contributed by atoms with Crippen molar-refractivity contribution in [3.63, 3.8) is 0 Å². The van der Waals surface area contributed by atoms with Gasteiger partial charge < -0.3 is 33.5 Å². The van der Waals surface area contributed by atoms with Gasteiger partial charge in [-0.1, -0.05) is 0 Å². The summed E-state index contributed by atoms with van der Waals surface area (Å²) in [6, 6.07) is 5.24. The number of ether oxygens (including phenoxy) is 5. The number of esters is 1. The Morgan fingerprint density at radius 2 is 1.65 bits per heavy atom. The number of hydrogen-bond acceptors (Lipinski definition) is 10. The van der Waals surface area contributed by atoms with E-state index in [4.69, 9.17) is 23.7 Å². The van der Waals surface area contributed by atoms with E-state index in [2.05, 4.69) is 0 Å². The van der Waals surface area contributed by atoms with Crippen molar-refractivity contribution in [2.45, 2.75) is 26.3 Å². The smallest absolute Gasteiger partial charge is 0.344 e. The first-order chi connectivity index (χ1) is 20.5. The Labute approximate surface area is 247 Å². The Hall–Kier alpha value is -4.17. The molecule has 1 fully saturated rings. The summed E-state index contributed by atoms with van der Waals surface area (Å²) in [6.07, 6.45) is 3.70. The fraction of sp³-hybridized carbons (Fsp3) is 0.333. The first-order valence-electron chi connectivity index (χ1n) is 13.7. The first kappa shape index (κ1) is 28.9. The number of carbonyl (C=O) groups is 2. The number of fused-ring (bicyclic) bond motifs is 4. The van der Waals surface area contributed by atoms with Crippen LogP contribution in [0.3, 0.4) is 0 Å². The van der Waals surface area contributed by atoms with E-state index >= 15 is 5.21 Å². The van der Waals surface area contributed by atoms with Crippen molar-refractivity contribution >= 4 is 33.6 Å². The standard InChI is InChI=1S/C30H29NO11S/c1-17-10-19(16-32)11-18(2)29(17)42-30(33)28-20-12-24-26(40-7-5-38-24)14-22(20)31(34,4-3-9-43(35,36)37)23-15-27-25(13-21(23)28)39-6-8-41-27/h10-16,22H,3-9H2,1-2H3,(H,35,36,37). The van der Waals surface area contributed by atoms with Crippen molar-refractivity contribution < 1.29 is 46.2 Å². The molecule has 0 bridgehead atoms. The number of rotatable bonds is 7. The number of carbonyl (C=O) groups excluding carboxylic acids is 2. The lowest BCUT2D eigenvalue weighted by atomic mass is 9.83. The molecule has 3 aliphatic heterocycles. The maximum Gasteiger partial charge on any atom is 0.344 e. The summed E-state index contributed by atoms with van der Waals surface area (Å²) in [7, 11) is -4.34. The van der Waals surface area contributed by atoms with E-state index in [-0.39, 0.29) is 62.0 Å². The van der Waals surface area contributed by atoms with Gasteiger partial charge in [-0.05, 0) is 49.2 Å². The van der Waals surface area contributed by atoms with Crippen LogP contribution in [-0.2, 0) is 24.4 Å². The van der Waals surface area contributed by atoms with Crippen molar-refractivity contribution in [3.05, 3.63) is 81.0 Å². The van der Waals surface area contributed by atoms with Crippen LogP contribution in [0.2, 0.25) is 0 Å². The minimum atomic E-state index is -4.34. The second-order valence-electron chi connectivity index (χ2n) is 10.7. The first-order valence-corrected chi connectivity index (χ1v) is 15.3. The highest BCUT2D eigenvalue weighted by molar-refractivity contribution is 7.85. The Kier molecular flexibility index (Phi) is 7.29. The van der Waals surface area contributed by atoms with Crippen molar-refractivity contribution in [1.29, 1.82) is 0 Å². The second kappa shape index (κ2) is 10.8. The van der Waals surface area contributed by atoms with Gasteiger partial charge in [0.2, 0.25) is 0 Å². The van der Waals surface area contributed by atoms with E-state index in [0.29, 0.717) is 51.6 Å². The molecule has 1 aliphatic carbocycles. The zero-order valence-corrected chi connectivity index (χ0v) is 24.3. The molecule has 2 aromatic carbocycles. The van der Waals surface area contributed by atoms with Crippen LogP contribution in [0, 0.1) is 19.1 Å². The summed E-state index contributed by atoms with van der Waals surface area (Å²) in [4.78, 5) is 25.5. The number of hydrogen-bond donors (Lipinski definition) is 1. The molecule has 43 heavy (non-hydrogen) atoms. The Bertz CT molecular complexity index is 1720. The second-order valence-corrected chi connectivity index (χ2v) is 12.2. The van der Waals surface area contributed by atoms with Gasteiger partial charge in [-0.15, -0.1) is 0 Å². The van der Waals surface area contributed by atoms with Gasteiger partial charge in [0.15, 0.2) is 23.0 Å². The molecule has 13 heteroatoms. The maximum atomic E-state index is 15.0. The van der Waals surface area contributed by atoms with Crippen molar-refractivity contribution in [3.8, 4) is 17.2 Å². The van der Waals surface area contributed by atoms with Crippen LogP contribution >= 0.6 is 0 Å². The third-order valence-corrected chi connectivity index (χ3v) is 8.55. The van der Waals surface area contributed by atoms with Crippen LogP contribution in [0.25, 0.3) is 5.57 Å². The zero-order chi connectivity index (χ0) is 30.5. The van der Waals surface area contributed by atoms with E-state index in [9.17, 15) is 22.6 Å². The van der Waals surface area contributed by atoms with Crippen LogP contribution in [0.5, 0.6) is 17.2 Å². The Balaban J connectivity index is 1.55. The molecule has 4 aliphatic rings. The van der Waals surface area contributed by atoms with Crippen molar-refractivity contribution in [1.82, 2.24) is 4.65 Å². The normalized spacial score (nSPS) is 22.1. The Morgan fingerprint density at radius 3 is 2.30 bits per heavy atom. The number of aldehydes is 1. The summed E-state index contributed by atoms with van der Waals surface area (Å²) in [5.74, 6) is 0.216. The van der Waals surface area contributed by atoms with E-state index < -0.39 is 32.5 Å². The highest BCUT2D eigenvalue weighted by Gasteiger charge is 2.47. The molecule has 2 aromatic rings. The molecule has 0 aromatic heterocycles. The van der Waals surface area contributed by atoms with Gasteiger partial charge in [-0.3, -0.25) is 9.35 Å². The van der Waals surface area contributed by atoms with Crippen molar-refractivity contribution in [2.24, 2.45) is 0 Å². The van der Waals surface area contributed by atoms with Gasteiger partial charge in [0.05, 0.1) is 23.4 Å². The molecular formula is C30H29NO11S. The predicted molar refractivity (Wildman–Crippen MR) is 154 cm³/mol. The fourth-order valence-corrected chi connectivity index (χ4v) is 6.43. The average molecular weight is 612 g/mol. The van der Waals surface area contributed by atoms with Gasteiger partial charge in [0.25, 0.3) is 10.1 Å². The predicted octanol–water partition coefficient (Wildman–Crippen LogP) is 3.54. The number of aryl methyl sites for hydroxylation is 2. The number of nitrogens with zero attached hydrogens (tertiary/aromatic N) is 1. The molecule has 226 valence electrons. The number of benzene rings is 2. The SMILES string of the molecule is Cc1cc(C=O)cc(C)c1OC(=O)C1=C2C=C3OCCOC3=CC2[N+]([O-])(CCCS(=O)(=O)O)c2cc3c(cc21)OCCO3. The average Bonchev–Trinajstić information content (AvgIpc) is 2.97. The minimum Gasteiger partial charge on any atom is -0.627 e. The topological polar surface area (TPSA) is 158 Å². The third kappa shape index (κ3) is 5.29. The summed E-state index contributed by atoms with van der Waals surface area (Å²) >= 11 is 0. The van der Waals surface area contributed by atoms with Gasteiger partial charge in [0, 0.05) is 29.7 Å². The molecule has 6 rings (SSSR count). The number of quaternary nitrogens is 1. The van der Waals surface area contributed by atoms with Crippen LogP contribution in [0.15, 0.2) is 53.5 Å². The monoisotopic (exact) mass is 611 g/mol. The summed E-state index contributed by atoms with van der Waals surface area (Å²) < 4.78 is 60.5. The highest BCUT2D eigenvalue weighted by atomic mass is 32.2. The number of hydroxylamine groups is 2. The van der Waals surface area contributed by atoms with Crippen LogP contribution < -0.4 is 18.9 Å². The lowest BCUT2D eigenvalue weighted by molar-refractivity contribution is -0.128. The molecule has 2 unspecified atom stereocenters. The van der Waals surface area contributed by atoms with Gasteiger partial charge in [0.1, 0.15) is 50.2 Å². The van der Waals surface area contributed by atoms with Gasteiger partial charge in [-0.2, -0.15) is 8.42 Å². The molecular weight excluding hydrogens is 582 g/mol. The van der Waals surface area contributed by atoms with Crippen LogP contribution in [0.4, 0.5) is 5.69 Å². The summed E-state index contributed by atoms with van der Waals surface area (Å²) in [5.41, 5.74) is 2.33. The highest BCUT2D eigenvalue weighted by Crippen LogP contribution is 2.51. The van der Waals surface area contributed by atoms with Gasteiger partial charge in [-0.25, -0.2) is 4.79 Å². The molecule has 0 spiro atoms. The summed E-state index contributed by atoms with van der Waals surface area (Å²) in [5, 5.41) is 15.0. The zero-order valence-electron chi connectivity index (χ0n) is 23.5. The molecule has 1 saturated heterocycles. The van der Waals surface area contributed by atoms with Gasteiger partial charge >= 0.3 is 5.97 Å². The minimum absolute atomic E-state index is 0.0894. The van der Waals surface area contributed by atoms with E-state index in [0.717, 1.165) is 0 Å². The lowest BCUT2D eigenvalue weighted by Gasteiger charge is -2.52. The van der Waals surface area contributed by atoms with E-state index in [1.165, 1.54) is 6.07 Å². The quantitative estimate of drug-likeness (QED) is 0.122. The van der Waals surface area contributed by atoms with Crippen molar-refractivity contribution in [2.75, 3.05) is 38.7 Å². The van der Waals surface area contributed by atoms with Crippen LogP contribution in [0.1, 0.15) is 33.5 Å². The lowest BCUT2D eigenvalue weighted by Crippen LogP contribution is -2.56. The maximum absolute atomic E-state index is 15.0. The molecule has 3 heterocycles. The molecule has 0 saturated carbocycles. The van der Waals surface area contributed by atoms with Crippen LogP contribution in [-0.4, -0.2) is 70.0 Å². The van der Waals surface area contributed by atoms with E-state index in [1.54, 1.807) is 44.2 Å². The molecule has 1 N–H and O–H groups in total. The molecule has 12 nitrogen and oxygen atoms in total.